The zero-order valence-electron chi connectivity index (χ0n) is 10.5. The molecule has 1 saturated heterocycles. The lowest BCUT2D eigenvalue weighted by Crippen LogP contribution is -2.30. The van der Waals surface area contributed by atoms with Gasteiger partial charge in [0.05, 0.1) is 18.0 Å². The Kier molecular flexibility index (Phi) is 2.83. The standard InChI is InChI=1S/C12H12N4O4/c1-5-8(17)9(18)12(20-5)16-3-6(2-13)7-10(16)14-4-15-11(7)19/h3-5,8-9,12,17-18H,1H3,(H,14,15,19)/t5-,8-,9-,12?/m1/s1. The maximum absolute atomic E-state index is 11.8. The van der Waals surface area contributed by atoms with Crippen LogP contribution in [0.2, 0.25) is 0 Å². The van der Waals surface area contributed by atoms with E-state index < -0.39 is 30.1 Å². The fourth-order valence-corrected chi connectivity index (χ4v) is 2.43. The Hall–Kier alpha value is -2.21. The molecule has 3 rings (SSSR count). The van der Waals surface area contributed by atoms with E-state index in [0.717, 1.165) is 0 Å². The Bertz CT molecular complexity index is 759. The van der Waals surface area contributed by atoms with Gasteiger partial charge in [-0.25, -0.2) is 4.98 Å². The maximum Gasteiger partial charge on any atom is 0.261 e. The first kappa shape index (κ1) is 12.8. The van der Waals surface area contributed by atoms with Gasteiger partial charge in [-0.2, -0.15) is 5.26 Å². The minimum absolute atomic E-state index is 0.138. The molecule has 1 unspecified atom stereocenters. The molecule has 2 aromatic heterocycles. The van der Waals surface area contributed by atoms with Gasteiger partial charge in [0.1, 0.15) is 23.7 Å². The Balaban J connectivity index is 2.22. The largest absolute Gasteiger partial charge is 0.388 e. The first-order chi connectivity index (χ1) is 9.54. The van der Waals surface area contributed by atoms with Crippen LogP contribution in [-0.4, -0.2) is 43.1 Å². The van der Waals surface area contributed by atoms with Crippen molar-refractivity contribution in [2.24, 2.45) is 0 Å². The quantitative estimate of drug-likeness (QED) is 0.628. The highest BCUT2D eigenvalue weighted by molar-refractivity contribution is 5.82. The molecule has 0 saturated carbocycles. The zero-order chi connectivity index (χ0) is 14.4. The first-order valence-electron chi connectivity index (χ1n) is 6.04. The molecule has 104 valence electrons. The Morgan fingerprint density at radius 3 is 2.85 bits per heavy atom. The molecule has 0 aliphatic carbocycles. The summed E-state index contributed by atoms with van der Waals surface area (Å²) in [5.41, 5.74) is -0.0683. The van der Waals surface area contributed by atoms with Crippen molar-refractivity contribution < 1.29 is 14.9 Å². The van der Waals surface area contributed by atoms with Crippen LogP contribution in [0.1, 0.15) is 18.7 Å². The molecule has 0 spiro atoms. The average Bonchev–Trinajstić information content (AvgIpc) is 2.93. The summed E-state index contributed by atoms with van der Waals surface area (Å²) in [6, 6.07) is 1.91. The fourth-order valence-electron chi connectivity index (χ4n) is 2.43. The number of ether oxygens (including phenoxy) is 1. The fraction of sp³-hybridized carbons (Fsp3) is 0.417. The van der Waals surface area contributed by atoms with Crippen LogP contribution < -0.4 is 5.56 Å². The summed E-state index contributed by atoms with van der Waals surface area (Å²) >= 11 is 0. The highest BCUT2D eigenvalue weighted by Crippen LogP contribution is 2.32. The van der Waals surface area contributed by atoms with Gasteiger partial charge in [-0.1, -0.05) is 0 Å². The molecule has 0 aromatic carbocycles. The average molecular weight is 276 g/mol. The van der Waals surface area contributed by atoms with Crippen molar-refractivity contribution in [2.45, 2.75) is 31.5 Å². The van der Waals surface area contributed by atoms with Gasteiger partial charge in [0, 0.05) is 6.20 Å². The highest BCUT2D eigenvalue weighted by atomic mass is 16.6. The maximum atomic E-state index is 11.8. The van der Waals surface area contributed by atoms with Crippen molar-refractivity contribution in [2.75, 3.05) is 0 Å². The minimum Gasteiger partial charge on any atom is -0.388 e. The Labute approximate surface area is 112 Å². The Morgan fingerprint density at radius 2 is 2.25 bits per heavy atom. The van der Waals surface area contributed by atoms with E-state index in [0.29, 0.717) is 0 Å². The van der Waals surface area contributed by atoms with Gasteiger partial charge in [-0.3, -0.25) is 4.79 Å². The van der Waals surface area contributed by atoms with E-state index in [4.69, 9.17) is 10.00 Å². The molecule has 1 fully saturated rings. The number of aromatic nitrogens is 3. The van der Waals surface area contributed by atoms with E-state index in [2.05, 4.69) is 9.97 Å². The second-order valence-electron chi connectivity index (χ2n) is 4.71. The van der Waals surface area contributed by atoms with Crippen LogP contribution in [0.5, 0.6) is 0 Å². The van der Waals surface area contributed by atoms with Crippen molar-refractivity contribution >= 4 is 11.0 Å². The molecule has 0 bridgehead atoms. The summed E-state index contributed by atoms with van der Waals surface area (Å²) in [5, 5.41) is 29.0. The minimum atomic E-state index is -1.16. The van der Waals surface area contributed by atoms with Crippen LogP contribution in [0, 0.1) is 11.3 Å². The summed E-state index contributed by atoms with van der Waals surface area (Å²) in [7, 11) is 0. The number of aliphatic hydroxyl groups is 2. The number of hydrogen-bond donors (Lipinski definition) is 3. The van der Waals surface area contributed by atoms with Gasteiger partial charge in [0.15, 0.2) is 11.9 Å². The molecule has 2 aromatic rings. The third kappa shape index (κ3) is 1.65. The van der Waals surface area contributed by atoms with Crippen molar-refractivity contribution in [3.63, 3.8) is 0 Å². The first-order valence-corrected chi connectivity index (χ1v) is 6.04. The summed E-state index contributed by atoms with van der Waals surface area (Å²) < 4.78 is 6.88. The predicted octanol–water partition coefficient (Wildman–Crippen LogP) is -0.765. The van der Waals surface area contributed by atoms with Crippen LogP contribution in [0.15, 0.2) is 17.3 Å². The molecular weight excluding hydrogens is 264 g/mol. The molecule has 0 amide bonds. The summed E-state index contributed by atoms with van der Waals surface area (Å²) in [6.07, 6.45) is -1.04. The van der Waals surface area contributed by atoms with Crippen molar-refractivity contribution in [3.8, 4) is 6.07 Å². The van der Waals surface area contributed by atoms with Gasteiger partial charge >= 0.3 is 0 Å². The second kappa shape index (κ2) is 4.42. The molecular formula is C12H12N4O4. The second-order valence-corrected chi connectivity index (χ2v) is 4.71. The molecule has 1 aliphatic heterocycles. The molecule has 8 heteroatoms. The number of H-pyrrole nitrogens is 1. The number of aliphatic hydroxyl groups excluding tert-OH is 2. The lowest BCUT2D eigenvalue weighted by atomic mass is 10.1. The topological polar surface area (TPSA) is 124 Å². The van der Waals surface area contributed by atoms with E-state index in [1.54, 1.807) is 6.92 Å². The van der Waals surface area contributed by atoms with Crippen molar-refractivity contribution in [1.82, 2.24) is 14.5 Å². The molecule has 20 heavy (non-hydrogen) atoms. The molecule has 8 nitrogen and oxygen atoms in total. The van der Waals surface area contributed by atoms with Gasteiger partial charge < -0.3 is 24.5 Å². The normalized spacial score (nSPS) is 29.7. The molecule has 1 aliphatic rings. The van der Waals surface area contributed by atoms with E-state index in [1.807, 2.05) is 6.07 Å². The lowest BCUT2D eigenvalue weighted by molar-refractivity contribution is -0.0296. The van der Waals surface area contributed by atoms with Gasteiger partial charge in [0.2, 0.25) is 0 Å². The van der Waals surface area contributed by atoms with E-state index in [1.165, 1.54) is 17.1 Å². The van der Waals surface area contributed by atoms with Crippen LogP contribution in [0.25, 0.3) is 11.0 Å². The highest BCUT2D eigenvalue weighted by Gasteiger charge is 2.42. The number of aromatic amines is 1. The number of nitrogens with one attached hydrogen (secondary N) is 1. The van der Waals surface area contributed by atoms with E-state index >= 15 is 0 Å². The van der Waals surface area contributed by atoms with E-state index in [-0.39, 0.29) is 16.6 Å². The Morgan fingerprint density at radius 1 is 1.50 bits per heavy atom. The van der Waals surface area contributed by atoms with Gasteiger partial charge in [-0.15, -0.1) is 0 Å². The number of rotatable bonds is 1. The molecule has 3 heterocycles. The summed E-state index contributed by atoms with van der Waals surface area (Å²) in [4.78, 5) is 18.2. The number of fused-ring (bicyclic) bond motifs is 1. The van der Waals surface area contributed by atoms with Crippen molar-refractivity contribution in [1.29, 1.82) is 5.26 Å². The third-order valence-corrected chi connectivity index (χ3v) is 3.49. The number of nitriles is 1. The summed E-state index contributed by atoms with van der Waals surface area (Å²) in [5.74, 6) is 0. The monoisotopic (exact) mass is 276 g/mol. The predicted molar refractivity (Wildman–Crippen MR) is 66.7 cm³/mol. The van der Waals surface area contributed by atoms with Gasteiger partial charge in [-0.05, 0) is 6.92 Å². The molecule has 0 radical (unpaired) electrons. The number of nitrogens with zero attached hydrogens (tertiary/aromatic N) is 3. The SMILES string of the molecule is C[C@H]1OC(n2cc(C#N)c3c(=O)[nH]cnc32)[C@H](O)[C@@H]1O. The smallest absolute Gasteiger partial charge is 0.261 e. The third-order valence-electron chi connectivity index (χ3n) is 3.49. The van der Waals surface area contributed by atoms with Crippen LogP contribution in [-0.2, 0) is 4.74 Å². The van der Waals surface area contributed by atoms with Crippen LogP contribution in [0.4, 0.5) is 0 Å². The zero-order valence-corrected chi connectivity index (χ0v) is 10.5. The lowest BCUT2D eigenvalue weighted by Gasteiger charge is -2.16. The number of hydrogen-bond acceptors (Lipinski definition) is 6. The van der Waals surface area contributed by atoms with Crippen LogP contribution in [0.3, 0.4) is 0 Å². The van der Waals surface area contributed by atoms with Crippen molar-refractivity contribution in [3.05, 3.63) is 28.4 Å². The summed E-state index contributed by atoms with van der Waals surface area (Å²) in [6.45, 7) is 1.63. The molecule has 4 atom stereocenters. The molecule has 3 N–H and O–H groups in total. The van der Waals surface area contributed by atoms with E-state index in [9.17, 15) is 15.0 Å². The van der Waals surface area contributed by atoms with Gasteiger partial charge in [0.25, 0.3) is 5.56 Å². The van der Waals surface area contributed by atoms with Crippen LogP contribution >= 0.6 is 0 Å².